The van der Waals surface area contributed by atoms with E-state index >= 15 is 4.79 Å². The Balaban J connectivity index is 1.15. The number of aryl methyl sites for hydroxylation is 2. The molecule has 6 atom stereocenters. The van der Waals surface area contributed by atoms with Gasteiger partial charge in [-0.3, -0.25) is 28.8 Å². The highest BCUT2D eigenvalue weighted by atomic mass is 35.5. The third kappa shape index (κ3) is 5.40. The van der Waals surface area contributed by atoms with Crippen molar-refractivity contribution in [2.24, 2.45) is 42.1 Å². The Bertz CT molecular complexity index is 2590. The lowest BCUT2D eigenvalue weighted by molar-refractivity contribution is -0.132. The van der Waals surface area contributed by atoms with Crippen molar-refractivity contribution in [3.63, 3.8) is 0 Å². The standard InChI is InChI=1S/C44H39ClN4O7S/c1-22-28-19-24(45)12-16-35(28)57-39(22)32-21-36(47(3)46-32)49-41(52)31-20-29-26(13-14-27-37(29)42(53)48(40(27)51)25-9-7-6-8-10-25)30(44(31,2)43(49)54)15-11-23-17-33(55-4)38(50)34(18-23)56-5/h6-13,15-19,21,27,29-31,37,50H,14,20H2,1-5H3. The van der Waals surface area contributed by atoms with Crippen molar-refractivity contribution in [3.05, 3.63) is 101 Å². The van der Waals surface area contributed by atoms with Crippen molar-refractivity contribution in [2.75, 3.05) is 24.0 Å². The van der Waals surface area contributed by atoms with Gasteiger partial charge >= 0.3 is 0 Å². The van der Waals surface area contributed by atoms with Crippen LogP contribution >= 0.6 is 22.9 Å². The van der Waals surface area contributed by atoms with E-state index in [9.17, 15) is 19.5 Å². The molecule has 4 aliphatic rings. The molecular formula is C44H39ClN4O7S. The lowest BCUT2D eigenvalue weighted by Gasteiger charge is -2.47. The van der Waals surface area contributed by atoms with Crippen LogP contribution in [0.3, 0.4) is 0 Å². The Kier molecular flexibility index (Phi) is 8.71. The summed E-state index contributed by atoms with van der Waals surface area (Å²) in [6.07, 6.45) is 6.29. The van der Waals surface area contributed by atoms with Crippen molar-refractivity contribution < 1.29 is 33.8 Å². The van der Waals surface area contributed by atoms with E-state index in [2.05, 4.69) is 0 Å². The zero-order valence-electron chi connectivity index (χ0n) is 31.9. The minimum atomic E-state index is -1.26. The third-order valence-corrected chi connectivity index (χ3v) is 14.1. The van der Waals surface area contributed by atoms with E-state index in [-0.39, 0.29) is 47.3 Å². The van der Waals surface area contributed by atoms with Crippen LogP contribution in [0.5, 0.6) is 17.2 Å². The highest BCUT2D eigenvalue weighted by Gasteiger charge is 2.67. The first-order valence-electron chi connectivity index (χ1n) is 18.7. The average molecular weight is 803 g/mol. The molecule has 13 heteroatoms. The van der Waals surface area contributed by atoms with Crippen LogP contribution in [0, 0.1) is 41.9 Å². The number of nitrogens with zero attached hydrogens (tertiary/aromatic N) is 4. The summed E-state index contributed by atoms with van der Waals surface area (Å²) in [5, 5.41) is 17.1. The van der Waals surface area contributed by atoms with Crippen LogP contribution in [0.25, 0.3) is 26.7 Å². The van der Waals surface area contributed by atoms with Gasteiger partial charge in [0.25, 0.3) is 0 Å². The molecule has 5 aromatic rings. The minimum Gasteiger partial charge on any atom is -0.502 e. The van der Waals surface area contributed by atoms with Gasteiger partial charge in [-0.25, -0.2) is 4.90 Å². The number of carbonyl (C=O) groups excluding carboxylic acids is 4. The van der Waals surface area contributed by atoms with E-state index in [0.29, 0.717) is 34.2 Å². The number of anilines is 2. The Labute approximate surface area is 337 Å². The molecule has 57 heavy (non-hydrogen) atoms. The zero-order chi connectivity index (χ0) is 40.1. The monoisotopic (exact) mass is 802 g/mol. The van der Waals surface area contributed by atoms with Gasteiger partial charge in [0, 0.05) is 28.8 Å². The molecule has 0 bridgehead atoms. The van der Waals surface area contributed by atoms with Gasteiger partial charge in [0.05, 0.1) is 48.0 Å². The van der Waals surface area contributed by atoms with Crippen molar-refractivity contribution in [1.29, 1.82) is 0 Å². The van der Waals surface area contributed by atoms with E-state index in [1.165, 1.54) is 24.0 Å². The Morgan fingerprint density at radius 3 is 2.35 bits per heavy atom. The summed E-state index contributed by atoms with van der Waals surface area (Å²) in [4.78, 5) is 61.8. The van der Waals surface area contributed by atoms with Gasteiger partial charge in [-0.05, 0) is 91.6 Å². The topological polar surface area (TPSA) is 131 Å². The number of imide groups is 2. The maximum absolute atomic E-state index is 15.1. The zero-order valence-corrected chi connectivity index (χ0v) is 33.4. The number of halogens is 1. The molecule has 1 saturated carbocycles. The van der Waals surface area contributed by atoms with Gasteiger partial charge in [-0.2, -0.15) is 5.10 Å². The second-order valence-corrected chi connectivity index (χ2v) is 16.9. The molecule has 6 unspecified atom stereocenters. The number of carbonyl (C=O) groups is 4. The minimum absolute atomic E-state index is 0.146. The molecule has 3 aromatic carbocycles. The number of thiophene rings is 1. The molecule has 3 fully saturated rings. The number of amides is 4. The van der Waals surface area contributed by atoms with Gasteiger partial charge in [-0.15, -0.1) is 11.3 Å². The Morgan fingerprint density at radius 2 is 1.65 bits per heavy atom. The van der Waals surface area contributed by atoms with E-state index in [1.807, 2.05) is 56.3 Å². The largest absolute Gasteiger partial charge is 0.502 e. The molecule has 0 spiro atoms. The molecule has 2 aliphatic carbocycles. The van der Waals surface area contributed by atoms with Gasteiger partial charge < -0.3 is 14.6 Å². The maximum atomic E-state index is 15.1. The number of hydrogen-bond donors (Lipinski definition) is 1. The van der Waals surface area contributed by atoms with Gasteiger partial charge in [0.15, 0.2) is 11.5 Å². The van der Waals surface area contributed by atoms with Gasteiger partial charge in [0.2, 0.25) is 29.4 Å². The smallest absolute Gasteiger partial charge is 0.242 e. The summed E-state index contributed by atoms with van der Waals surface area (Å²) in [5.74, 6) is -3.90. The number of allylic oxidation sites excluding steroid dienone is 3. The van der Waals surface area contributed by atoms with Crippen LogP contribution in [0.15, 0.2) is 84.5 Å². The van der Waals surface area contributed by atoms with Crippen molar-refractivity contribution >= 4 is 74.2 Å². The van der Waals surface area contributed by atoms with Crippen molar-refractivity contribution in [1.82, 2.24) is 9.78 Å². The number of hydrogen-bond acceptors (Lipinski definition) is 9. The van der Waals surface area contributed by atoms with Crippen LogP contribution in [-0.2, 0) is 26.2 Å². The van der Waals surface area contributed by atoms with Crippen LogP contribution in [0.4, 0.5) is 11.5 Å². The number of para-hydroxylation sites is 1. The molecule has 2 aliphatic heterocycles. The fraction of sp³-hybridized carbons (Fsp3) is 0.295. The molecule has 4 amide bonds. The summed E-state index contributed by atoms with van der Waals surface area (Å²) < 4.78 is 13.4. The fourth-order valence-corrected chi connectivity index (χ4v) is 11.0. The highest BCUT2D eigenvalue weighted by molar-refractivity contribution is 7.22. The number of methoxy groups -OCH3 is 2. The first-order valence-corrected chi connectivity index (χ1v) is 19.9. The number of aromatic hydroxyl groups is 1. The van der Waals surface area contributed by atoms with Crippen molar-refractivity contribution in [2.45, 2.75) is 26.7 Å². The molecule has 11 nitrogen and oxygen atoms in total. The maximum Gasteiger partial charge on any atom is 0.242 e. The summed E-state index contributed by atoms with van der Waals surface area (Å²) in [7, 11) is 4.61. The lowest BCUT2D eigenvalue weighted by atomic mass is 9.52. The molecule has 9 rings (SSSR count). The van der Waals surface area contributed by atoms with Crippen LogP contribution in [0.2, 0.25) is 5.02 Å². The predicted molar refractivity (Wildman–Crippen MR) is 218 cm³/mol. The summed E-state index contributed by atoms with van der Waals surface area (Å²) in [6.45, 7) is 3.84. The SMILES string of the molecule is COc1cc(C=CC2C3=CCC4C(=O)N(c5ccccc5)C(=O)C4C3CC3C(=O)N(c4cc(-c5sc6ccc(Cl)cc6c5C)nn4C)C(=O)C23C)cc(OC)c1O. The van der Waals surface area contributed by atoms with E-state index in [1.54, 1.807) is 65.5 Å². The molecule has 4 heterocycles. The summed E-state index contributed by atoms with van der Waals surface area (Å²) >= 11 is 7.90. The van der Waals surface area contributed by atoms with Crippen LogP contribution < -0.4 is 19.3 Å². The number of rotatable bonds is 7. The normalized spacial score (nSPS) is 25.6. The quantitative estimate of drug-likeness (QED) is 0.130. The lowest BCUT2D eigenvalue weighted by Crippen LogP contribution is -2.49. The Morgan fingerprint density at radius 1 is 0.930 bits per heavy atom. The second-order valence-electron chi connectivity index (χ2n) is 15.4. The number of fused-ring (bicyclic) bond motifs is 5. The Hall–Kier alpha value is -5.72. The van der Waals surface area contributed by atoms with E-state index < -0.39 is 35.0 Å². The first-order chi connectivity index (χ1) is 27.4. The van der Waals surface area contributed by atoms with E-state index in [4.69, 9.17) is 26.2 Å². The molecule has 290 valence electrons. The number of ether oxygens (including phenoxy) is 2. The number of aromatic nitrogens is 2. The molecular weight excluding hydrogens is 764 g/mol. The summed E-state index contributed by atoms with van der Waals surface area (Å²) in [5.41, 5.74) is 2.37. The van der Waals surface area contributed by atoms with Gasteiger partial charge in [-0.1, -0.05) is 53.6 Å². The molecule has 2 aromatic heterocycles. The second kappa shape index (κ2) is 13.5. The summed E-state index contributed by atoms with van der Waals surface area (Å²) in [6, 6.07) is 19.8. The first kappa shape index (κ1) is 36.9. The molecule has 2 saturated heterocycles. The average Bonchev–Trinajstić information content (AvgIpc) is 3.88. The van der Waals surface area contributed by atoms with Crippen molar-refractivity contribution in [3.8, 4) is 27.8 Å². The molecule has 0 radical (unpaired) electrons. The van der Waals surface area contributed by atoms with Gasteiger partial charge in [0.1, 0.15) is 11.5 Å². The highest BCUT2D eigenvalue weighted by Crippen LogP contribution is 2.61. The van der Waals surface area contributed by atoms with Crippen LogP contribution in [0.1, 0.15) is 30.9 Å². The number of benzene rings is 3. The third-order valence-electron chi connectivity index (χ3n) is 12.6. The fourth-order valence-electron chi connectivity index (χ4n) is 9.70. The number of phenolic OH excluding ortho intramolecular Hbond substituents is 1. The molecule has 1 N–H and O–H groups in total. The van der Waals surface area contributed by atoms with Crippen LogP contribution in [-0.4, -0.2) is 52.7 Å². The predicted octanol–water partition coefficient (Wildman–Crippen LogP) is 7.97. The number of phenols is 1. The van der Waals surface area contributed by atoms with E-state index in [0.717, 1.165) is 26.1 Å².